The SMILES string of the molecule is CN1CCC(Cn2cccc2CN)CC1. The molecule has 1 aliphatic rings. The molecule has 0 aliphatic carbocycles. The van der Waals surface area contributed by atoms with E-state index in [0.29, 0.717) is 6.54 Å². The van der Waals surface area contributed by atoms with Crippen LogP contribution in [0.2, 0.25) is 0 Å². The quantitative estimate of drug-likeness (QED) is 0.810. The maximum Gasteiger partial charge on any atom is 0.0334 e. The van der Waals surface area contributed by atoms with E-state index < -0.39 is 0 Å². The van der Waals surface area contributed by atoms with Gasteiger partial charge in [0.2, 0.25) is 0 Å². The van der Waals surface area contributed by atoms with Gasteiger partial charge in [-0.2, -0.15) is 0 Å². The summed E-state index contributed by atoms with van der Waals surface area (Å²) in [6.45, 7) is 4.28. The minimum atomic E-state index is 0.652. The number of hydrogen-bond acceptors (Lipinski definition) is 2. The average Bonchev–Trinajstić information content (AvgIpc) is 2.69. The third-order valence-corrected chi connectivity index (χ3v) is 3.43. The Labute approximate surface area is 91.9 Å². The van der Waals surface area contributed by atoms with Crippen LogP contribution < -0.4 is 5.73 Å². The van der Waals surface area contributed by atoms with Crippen LogP contribution in [0, 0.1) is 5.92 Å². The largest absolute Gasteiger partial charge is 0.350 e. The van der Waals surface area contributed by atoms with Gasteiger partial charge in [0.25, 0.3) is 0 Å². The van der Waals surface area contributed by atoms with Crippen molar-refractivity contribution in [2.45, 2.75) is 25.9 Å². The van der Waals surface area contributed by atoms with Crippen LogP contribution in [-0.4, -0.2) is 29.6 Å². The molecular formula is C12H21N3. The van der Waals surface area contributed by atoms with E-state index >= 15 is 0 Å². The lowest BCUT2D eigenvalue weighted by atomic mass is 9.97. The minimum absolute atomic E-state index is 0.652. The molecule has 0 bridgehead atoms. The van der Waals surface area contributed by atoms with Gasteiger partial charge in [-0.05, 0) is 51.0 Å². The molecule has 1 aromatic heterocycles. The van der Waals surface area contributed by atoms with Crippen molar-refractivity contribution >= 4 is 0 Å². The molecule has 0 aromatic carbocycles. The van der Waals surface area contributed by atoms with Gasteiger partial charge in [-0.25, -0.2) is 0 Å². The van der Waals surface area contributed by atoms with Crippen LogP contribution in [0.3, 0.4) is 0 Å². The Morgan fingerprint density at radius 3 is 2.80 bits per heavy atom. The highest BCUT2D eigenvalue weighted by Crippen LogP contribution is 2.18. The van der Waals surface area contributed by atoms with Crippen LogP contribution in [0.25, 0.3) is 0 Å². The number of aromatic nitrogens is 1. The molecule has 0 spiro atoms. The Bertz CT molecular complexity index is 298. The lowest BCUT2D eigenvalue weighted by Crippen LogP contribution is -2.32. The van der Waals surface area contributed by atoms with Crippen molar-refractivity contribution in [2.24, 2.45) is 11.7 Å². The maximum atomic E-state index is 5.69. The Morgan fingerprint density at radius 1 is 1.40 bits per heavy atom. The highest BCUT2D eigenvalue weighted by Gasteiger charge is 2.17. The first-order chi connectivity index (χ1) is 7.29. The van der Waals surface area contributed by atoms with Gasteiger partial charge in [0.15, 0.2) is 0 Å². The molecule has 0 saturated carbocycles. The summed E-state index contributed by atoms with van der Waals surface area (Å²) in [7, 11) is 2.21. The number of nitrogens with two attached hydrogens (primary N) is 1. The van der Waals surface area contributed by atoms with Gasteiger partial charge in [-0.3, -0.25) is 0 Å². The second kappa shape index (κ2) is 4.81. The Kier molecular flexibility index (Phi) is 3.44. The molecule has 1 saturated heterocycles. The molecule has 3 heteroatoms. The monoisotopic (exact) mass is 207 g/mol. The summed E-state index contributed by atoms with van der Waals surface area (Å²) < 4.78 is 2.32. The molecule has 1 fully saturated rings. The Morgan fingerprint density at radius 2 is 2.13 bits per heavy atom. The number of rotatable bonds is 3. The van der Waals surface area contributed by atoms with Gasteiger partial charge < -0.3 is 15.2 Å². The van der Waals surface area contributed by atoms with Gasteiger partial charge >= 0.3 is 0 Å². The van der Waals surface area contributed by atoms with Gasteiger partial charge in [-0.1, -0.05) is 0 Å². The predicted octanol–water partition coefficient (Wildman–Crippen LogP) is 1.29. The summed E-state index contributed by atoms with van der Waals surface area (Å²) in [5, 5.41) is 0. The number of likely N-dealkylation sites (tertiary alicyclic amines) is 1. The number of hydrogen-bond donors (Lipinski definition) is 1. The lowest BCUT2D eigenvalue weighted by molar-refractivity contribution is 0.204. The van der Waals surface area contributed by atoms with Crippen molar-refractivity contribution in [1.29, 1.82) is 0 Å². The summed E-state index contributed by atoms with van der Waals surface area (Å²) >= 11 is 0. The van der Waals surface area contributed by atoms with Crippen molar-refractivity contribution < 1.29 is 0 Å². The van der Waals surface area contributed by atoms with E-state index in [4.69, 9.17) is 5.73 Å². The molecule has 0 amide bonds. The fraction of sp³-hybridized carbons (Fsp3) is 0.667. The first-order valence-corrected chi connectivity index (χ1v) is 5.82. The van der Waals surface area contributed by atoms with E-state index in [9.17, 15) is 0 Å². The molecule has 2 rings (SSSR count). The maximum absolute atomic E-state index is 5.69. The second-order valence-corrected chi connectivity index (χ2v) is 4.60. The second-order valence-electron chi connectivity index (χ2n) is 4.60. The average molecular weight is 207 g/mol. The van der Waals surface area contributed by atoms with Crippen molar-refractivity contribution in [3.63, 3.8) is 0 Å². The zero-order chi connectivity index (χ0) is 10.7. The van der Waals surface area contributed by atoms with Gasteiger partial charge in [0, 0.05) is 25.0 Å². The fourth-order valence-corrected chi connectivity index (χ4v) is 2.34. The third-order valence-electron chi connectivity index (χ3n) is 3.43. The number of nitrogens with zero attached hydrogens (tertiary/aromatic N) is 2. The first kappa shape index (κ1) is 10.7. The fourth-order valence-electron chi connectivity index (χ4n) is 2.34. The first-order valence-electron chi connectivity index (χ1n) is 5.82. The summed E-state index contributed by atoms with van der Waals surface area (Å²) in [6, 6.07) is 4.21. The van der Waals surface area contributed by atoms with Crippen molar-refractivity contribution in [2.75, 3.05) is 20.1 Å². The molecule has 3 nitrogen and oxygen atoms in total. The van der Waals surface area contributed by atoms with E-state index in [2.05, 4.69) is 34.8 Å². The highest BCUT2D eigenvalue weighted by molar-refractivity contribution is 5.06. The molecule has 1 aliphatic heterocycles. The Hall–Kier alpha value is -0.800. The molecule has 2 N–H and O–H groups in total. The topological polar surface area (TPSA) is 34.2 Å². The van der Waals surface area contributed by atoms with Crippen LogP contribution in [0.1, 0.15) is 18.5 Å². The van der Waals surface area contributed by atoms with E-state index in [1.54, 1.807) is 0 Å². The predicted molar refractivity (Wildman–Crippen MR) is 62.5 cm³/mol. The normalized spacial score (nSPS) is 19.6. The summed E-state index contributed by atoms with van der Waals surface area (Å²) in [5.41, 5.74) is 6.95. The molecule has 0 unspecified atom stereocenters. The molecule has 1 aromatic rings. The van der Waals surface area contributed by atoms with Crippen molar-refractivity contribution in [1.82, 2.24) is 9.47 Å². The van der Waals surface area contributed by atoms with E-state index in [-0.39, 0.29) is 0 Å². The van der Waals surface area contributed by atoms with Crippen LogP contribution >= 0.6 is 0 Å². The minimum Gasteiger partial charge on any atom is -0.350 e. The molecule has 15 heavy (non-hydrogen) atoms. The lowest BCUT2D eigenvalue weighted by Gasteiger charge is -2.29. The van der Waals surface area contributed by atoms with Crippen molar-refractivity contribution in [3.05, 3.63) is 24.0 Å². The number of piperidine rings is 1. The molecule has 2 heterocycles. The molecule has 0 radical (unpaired) electrons. The van der Waals surface area contributed by atoms with Crippen LogP contribution in [0.4, 0.5) is 0 Å². The summed E-state index contributed by atoms with van der Waals surface area (Å²) in [6.07, 6.45) is 4.79. The van der Waals surface area contributed by atoms with E-state index in [0.717, 1.165) is 12.5 Å². The van der Waals surface area contributed by atoms with Crippen LogP contribution in [0.5, 0.6) is 0 Å². The van der Waals surface area contributed by atoms with Gasteiger partial charge in [-0.15, -0.1) is 0 Å². The van der Waals surface area contributed by atoms with E-state index in [1.165, 1.54) is 31.6 Å². The highest BCUT2D eigenvalue weighted by atomic mass is 15.1. The third kappa shape index (κ3) is 2.61. The Balaban J connectivity index is 1.91. The van der Waals surface area contributed by atoms with Gasteiger partial charge in [0.1, 0.15) is 0 Å². The zero-order valence-corrected chi connectivity index (χ0v) is 9.52. The van der Waals surface area contributed by atoms with Crippen LogP contribution in [0.15, 0.2) is 18.3 Å². The summed E-state index contributed by atoms with van der Waals surface area (Å²) in [4.78, 5) is 2.41. The summed E-state index contributed by atoms with van der Waals surface area (Å²) in [5.74, 6) is 0.832. The smallest absolute Gasteiger partial charge is 0.0334 e. The molecule has 0 atom stereocenters. The van der Waals surface area contributed by atoms with E-state index in [1.807, 2.05) is 0 Å². The standard InChI is InChI=1S/C12H21N3/c1-14-7-4-11(5-8-14)10-15-6-2-3-12(15)9-13/h2-3,6,11H,4-5,7-10,13H2,1H3. The van der Waals surface area contributed by atoms with Crippen LogP contribution in [-0.2, 0) is 13.1 Å². The van der Waals surface area contributed by atoms with Crippen molar-refractivity contribution in [3.8, 4) is 0 Å². The van der Waals surface area contributed by atoms with Gasteiger partial charge in [0.05, 0.1) is 0 Å². The zero-order valence-electron chi connectivity index (χ0n) is 9.52. The molecular weight excluding hydrogens is 186 g/mol. The molecule has 84 valence electrons.